The van der Waals surface area contributed by atoms with Gasteiger partial charge in [-0.1, -0.05) is 36.4 Å². The van der Waals surface area contributed by atoms with Gasteiger partial charge in [-0.15, -0.1) is 0 Å². The Hall–Kier alpha value is -3.25. The van der Waals surface area contributed by atoms with Crippen LogP contribution in [-0.2, 0) is 11.3 Å². The number of rotatable bonds is 5. The molecular weight excluding hydrogens is 434 g/mol. The molecule has 2 atom stereocenters. The number of likely N-dealkylation sites (tertiary alicyclic amines) is 1. The number of halogens is 2. The van der Waals surface area contributed by atoms with Crippen molar-refractivity contribution in [2.45, 2.75) is 37.3 Å². The summed E-state index contributed by atoms with van der Waals surface area (Å²) < 4.78 is 33.1. The van der Waals surface area contributed by atoms with Crippen molar-refractivity contribution in [3.63, 3.8) is 0 Å². The molecule has 0 radical (unpaired) electrons. The molecule has 2 aliphatic heterocycles. The first-order chi connectivity index (χ1) is 16.5. The van der Waals surface area contributed by atoms with Crippen molar-refractivity contribution in [1.29, 1.82) is 0 Å². The number of piperidine rings is 1. The van der Waals surface area contributed by atoms with Crippen molar-refractivity contribution in [2.24, 2.45) is 0 Å². The van der Waals surface area contributed by atoms with Crippen molar-refractivity contribution >= 4 is 5.91 Å². The Balaban J connectivity index is 1.41. The van der Waals surface area contributed by atoms with E-state index in [0.29, 0.717) is 26.1 Å². The zero-order chi connectivity index (χ0) is 23.7. The predicted octanol–water partition coefficient (Wildman–Crippen LogP) is 5.28. The Kier molecular flexibility index (Phi) is 6.09. The molecule has 2 saturated heterocycles. The lowest BCUT2D eigenvalue weighted by molar-refractivity contribution is -0.125. The number of benzene rings is 3. The van der Waals surface area contributed by atoms with Gasteiger partial charge in [0.2, 0.25) is 5.91 Å². The Morgan fingerprint density at radius 3 is 2.59 bits per heavy atom. The van der Waals surface area contributed by atoms with E-state index in [-0.39, 0.29) is 11.8 Å². The van der Waals surface area contributed by atoms with Gasteiger partial charge in [-0.05, 0) is 65.4 Å². The molecule has 2 heterocycles. The summed E-state index contributed by atoms with van der Waals surface area (Å²) in [6.45, 7) is 2.04. The highest BCUT2D eigenvalue weighted by atomic mass is 19.2. The molecule has 4 nitrogen and oxygen atoms in total. The minimum Gasteiger partial charge on any atom is -0.497 e. The highest BCUT2D eigenvalue weighted by Gasteiger charge is 2.49. The highest BCUT2D eigenvalue weighted by Crippen LogP contribution is 2.42. The second kappa shape index (κ2) is 9.18. The van der Waals surface area contributed by atoms with Crippen molar-refractivity contribution in [3.05, 3.63) is 89.5 Å². The van der Waals surface area contributed by atoms with Gasteiger partial charge in [-0.25, -0.2) is 8.78 Å². The quantitative estimate of drug-likeness (QED) is 0.561. The topological polar surface area (TPSA) is 41.6 Å². The van der Waals surface area contributed by atoms with Crippen LogP contribution in [0.2, 0.25) is 0 Å². The van der Waals surface area contributed by atoms with Gasteiger partial charge in [-0.2, -0.15) is 0 Å². The van der Waals surface area contributed by atoms with E-state index in [1.165, 1.54) is 12.1 Å². The van der Waals surface area contributed by atoms with Crippen LogP contribution in [0.4, 0.5) is 8.78 Å². The summed E-state index contributed by atoms with van der Waals surface area (Å²) in [5, 5.41) is 3.23. The molecule has 3 aromatic carbocycles. The summed E-state index contributed by atoms with van der Waals surface area (Å²) in [5.41, 5.74) is 3.60. The first-order valence-corrected chi connectivity index (χ1v) is 11.7. The van der Waals surface area contributed by atoms with E-state index < -0.39 is 17.2 Å². The number of methoxy groups -OCH3 is 1. The van der Waals surface area contributed by atoms with E-state index in [1.54, 1.807) is 13.2 Å². The molecule has 0 unspecified atom stereocenters. The minimum absolute atomic E-state index is 0.0284. The van der Waals surface area contributed by atoms with Gasteiger partial charge in [0.25, 0.3) is 0 Å². The lowest BCUT2D eigenvalue weighted by Gasteiger charge is -2.39. The molecule has 2 fully saturated rings. The fourth-order valence-electron chi connectivity index (χ4n) is 5.54. The molecule has 1 N–H and O–H groups in total. The van der Waals surface area contributed by atoms with Gasteiger partial charge in [0.05, 0.1) is 12.6 Å². The monoisotopic (exact) mass is 462 g/mol. The minimum atomic E-state index is -0.852. The Labute approximate surface area is 198 Å². The normalized spacial score (nSPS) is 22.7. The Bertz CT molecular complexity index is 1210. The number of carbonyl (C=O) groups excluding carboxylic acids is 1. The molecule has 1 amide bonds. The van der Waals surface area contributed by atoms with E-state index in [4.69, 9.17) is 4.74 Å². The zero-order valence-corrected chi connectivity index (χ0v) is 19.2. The fraction of sp³-hybridized carbons (Fsp3) is 0.321. The lowest BCUT2D eigenvalue weighted by Crippen LogP contribution is -2.56. The van der Waals surface area contributed by atoms with Crippen LogP contribution in [0.5, 0.6) is 5.75 Å². The van der Waals surface area contributed by atoms with Crippen LogP contribution in [0.1, 0.15) is 36.3 Å². The molecule has 0 aromatic heterocycles. The van der Waals surface area contributed by atoms with Crippen molar-refractivity contribution < 1.29 is 18.3 Å². The van der Waals surface area contributed by atoms with Gasteiger partial charge in [-0.3, -0.25) is 9.69 Å². The van der Waals surface area contributed by atoms with Crippen molar-refractivity contribution in [2.75, 3.05) is 20.2 Å². The molecule has 0 saturated carbocycles. The lowest BCUT2D eigenvalue weighted by atomic mass is 9.76. The number of carbonyl (C=O) groups is 1. The number of nitrogens with one attached hydrogen (secondary N) is 1. The first kappa shape index (κ1) is 22.5. The molecule has 0 aliphatic carbocycles. The summed E-state index contributed by atoms with van der Waals surface area (Å²) >= 11 is 0. The predicted molar refractivity (Wildman–Crippen MR) is 128 cm³/mol. The molecule has 2 aliphatic rings. The number of amides is 1. The largest absolute Gasteiger partial charge is 0.497 e. The van der Waals surface area contributed by atoms with Gasteiger partial charge in [0.15, 0.2) is 11.6 Å². The molecular formula is C28H28F2N2O2. The van der Waals surface area contributed by atoms with Gasteiger partial charge >= 0.3 is 0 Å². The molecule has 5 rings (SSSR count). The Morgan fingerprint density at radius 1 is 1.03 bits per heavy atom. The molecule has 176 valence electrons. The van der Waals surface area contributed by atoms with Crippen LogP contribution in [0.15, 0.2) is 66.7 Å². The third-order valence-electron chi connectivity index (χ3n) is 7.11. The standard InChI is InChI=1S/C28H28F2N2O2/c1-34-23-8-3-7-21(14-23)20-6-2-5-19(13-20)16-32-17-24(22-10-11-25(29)26(30)15-22)28(18-32)12-4-9-27(33)31-28/h2-3,5-8,10-11,13-15,24H,4,9,12,16-18H2,1H3,(H,31,33)/t24-,28+/m0/s1. The van der Waals surface area contributed by atoms with Crippen LogP contribution in [0.25, 0.3) is 11.1 Å². The number of hydrogen-bond donors (Lipinski definition) is 1. The molecule has 3 aromatic rings. The molecule has 6 heteroatoms. The van der Waals surface area contributed by atoms with Crippen molar-refractivity contribution in [1.82, 2.24) is 10.2 Å². The maximum atomic E-state index is 14.1. The maximum Gasteiger partial charge on any atom is 0.220 e. The van der Waals surface area contributed by atoms with E-state index in [2.05, 4.69) is 34.5 Å². The van der Waals surface area contributed by atoms with E-state index in [9.17, 15) is 13.6 Å². The summed E-state index contributed by atoms with van der Waals surface area (Å²) in [7, 11) is 1.66. The fourth-order valence-corrected chi connectivity index (χ4v) is 5.54. The SMILES string of the molecule is COc1cccc(-c2cccc(CN3C[C@@H](c4ccc(F)c(F)c4)[C@@]4(CCCC(=O)N4)C3)c2)c1. The molecule has 34 heavy (non-hydrogen) atoms. The van der Waals surface area contributed by atoms with Crippen molar-refractivity contribution in [3.8, 4) is 16.9 Å². The van der Waals surface area contributed by atoms with E-state index in [1.807, 2.05) is 24.3 Å². The highest BCUT2D eigenvalue weighted by molar-refractivity contribution is 5.78. The second-order valence-corrected chi connectivity index (χ2v) is 9.39. The van der Waals surface area contributed by atoms with Crippen LogP contribution >= 0.6 is 0 Å². The Morgan fingerprint density at radius 2 is 1.82 bits per heavy atom. The van der Waals surface area contributed by atoms with Crippen LogP contribution in [0.3, 0.4) is 0 Å². The summed E-state index contributed by atoms with van der Waals surface area (Å²) in [6.07, 6.45) is 2.13. The maximum absolute atomic E-state index is 14.1. The van der Waals surface area contributed by atoms with Gasteiger partial charge < -0.3 is 10.1 Å². The number of ether oxygens (including phenoxy) is 1. The van der Waals surface area contributed by atoms with Crippen LogP contribution in [0, 0.1) is 11.6 Å². The first-order valence-electron chi connectivity index (χ1n) is 11.7. The summed E-state index contributed by atoms with van der Waals surface area (Å²) in [6, 6.07) is 20.5. The number of hydrogen-bond acceptors (Lipinski definition) is 3. The molecule has 0 bridgehead atoms. The average molecular weight is 463 g/mol. The third-order valence-corrected chi connectivity index (χ3v) is 7.11. The number of nitrogens with zero attached hydrogens (tertiary/aromatic N) is 1. The van der Waals surface area contributed by atoms with Crippen LogP contribution in [-0.4, -0.2) is 36.5 Å². The second-order valence-electron chi connectivity index (χ2n) is 9.39. The average Bonchev–Trinajstić information content (AvgIpc) is 3.17. The smallest absolute Gasteiger partial charge is 0.220 e. The van der Waals surface area contributed by atoms with Gasteiger partial charge in [0, 0.05) is 32.0 Å². The summed E-state index contributed by atoms with van der Waals surface area (Å²) in [4.78, 5) is 14.7. The van der Waals surface area contributed by atoms with E-state index >= 15 is 0 Å². The van der Waals surface area contributed by atoms with E-state index in [0.717, 1.165) is 40.8 Å². The summed E-state index contributed by atoms with van der Waals surface area (Å²) in [5.74, 6) is -0.963. The third kappa shape index (κ3) is 4.42. The van der Waals surface area contributed by atoms with Gasteiger partial charge in [0.1, 0.15) is 5.75 Å². The molecule has 1 spiro atoms. The zero-order valence-electron chi connectivity index (χ0n) is 19.2. The van der Waals surface area contributed by atoms with Crippen LogP contribution < -0.4 is 10.1 Å².